The van der Waals surface area contributed by atoms with Crippen LogP contribution in [0.5, 0.6) is 0 Å². The topological polar surface area (TPSA) is 58.6 Å². The maximum absolute atomic E-state index is 12.0. The van der Waals surface area contributed by atoms with Crippen molar-refractivity contribution in [3.8, 4) is 0 Å². The third-order valence-corrected chi connectivity index (χ3v) is 2.87. The lowest BCUT2D eigenvalue weighted by atomic mass is 10.2. The number of esters is 1. The number of anilines is 2. The average Bonchev–Trinajstić information content (AvgIpc) is 2.47. The minimum atomic E-state index is -0.503. The molecule has 0 atom stereocenters. The summed E-state index contributed by atoms with van der Waals surface area (Å²) < 4.78 is 5.34. The molecule has 0 radical (unpaired) electrons. The number of benzene rings is 1. The van der Waals surface area contributed by atoms with Gasteiger partial charge < -0.3 is 15.0 Å². The standard InChI is InChI=1S/C15H20N2O3/c1-15(2,3)20-14(19)10-17-9-8-13(18)16-11-6-4-5-7-12(11)17/h4-7H,8-10H2,1-3H3,(H,16,18). The second-order valence-electron chi connectivity index (χ2n) is 5.82. The molecular weight excluding hydrogens is 256 g/mol. The molecule has 0 aromatic heterocycles. The highest BCUT2D eigenvalue weighted by Gasteiger charge is 2.23. The normalized spacial score (nSPS) is 15.2. The highest BCUT2D eigenvalue weighted by molar-refractivity contribution is 5.96. The van der Waals surface area contributed by atoms with Crippen molar-refractivity contribution in [1.82, 2.24) is 0 Å². The van der Waals surface area contributed by atoms with E-state index in [4.69, 9.17) is 4.74 Å². The molecule has 1 aromatic rings. The number of fused-ring (bicyclic) bond motifs is 1. The van der Waals surface area contributed by atoms with Crippen molar-refractivity contribution in [2.45, 2.75) is 32.8 Å². The van der Waals surface area contributed by atoms with E-state index in [1.54, 1.807) is 0 Å². The quantitative estimate of drug-likeness (QED) is 0.841. The van der Waals surface area contributed by atoms with E-state index in [0.717, 1.165) is 11.4 Å². The van der Waals surface area contributed by atoms with Gasteiger partial charge >= 0.3 is 5.97 Å². The number of nitrogens with one attached hydrogen (secondary N) is 1. The van der Waals surface area contributed by atoms with Gasteiger partial charge in [-0.25, -0.2) is 0 Å². The Kier molecular flexibility index (Phi) is 3.97. The third-order valence-electron chi connectivity index (χ3n) is 2.87. The van der Waals surface area contributed by atoms with Crippen LogP contribution in [0.15, 0.2) is 24.3 Å². The number of hydrogen-bond acceptors (Lipinski definition) is 4. The summed E-state index contributed by atoms with van der Waals surface area (Å²) in [5.41, 5.74) is 1.08. The van der Waals surface area contributed by atoms with Crippen molar-refractivity contribution >= 4 is 23.3 Å². The number of amides is 1. The van der Waals surface area contributed by atoms with Gasteiger partial charge in [-0.2, -0.15) is 0 Å². The van der Waals surface area contributed by atoms with Crippen LogP contribution in [0, 0.1) is 0 Å². The van der Waals surface area contributed by atoms with Crippen molar-refractivity contribution in [2.24, 2.45) is 0 Å². The molecule has 1 heterocycles. The molecular formula is C15H20N2O3. The van der Waals surface area contributed by atoms with Gasteiger partial charge in [0, 0.05) is 13.0 Å². The van der Waals surface area contributed by atoms with Crippen molar-refractivity contribution in [2.75, 3.05) is 23.3 Å². The summed E-state index contributed by atoms with van der Waals surface area (Å²) in [6.07, 6.45) is 0.359. The van der Waals surface area contributed by atoms with Gasteiger partial charge in [-0.3, -0.25) is 9.59 Å². The van der Waals surface area contributed by atoms with Crippen molar-refractivity contribution < 1.29 is 14.3 Å². The molecule has 0 spiro atoms. The average molecular weight is 276 g/mol. The number of hydrogen-bond donors (Lipinski definition) is 1. The summed E-state index contributed by atoms with van der Waals surface area (Å²) in [6, 6.07) is 7.47. The molecule has 20 heavy (non-hydrogen) atoms. The molecule has 0 unspecified atom stereocenters. The van der Waals surface area contributed by atoms with Gasteiger partial charge in [-0.1, -0.05) is 12.1 Å². The minimum Gasteiger partial charge on any atom is -0.459 e. The Morgan fingerprint density at radius 2 is 2.05 bits per heavy atom. The summed E-state index contributed by atoms with van der Waals surface area (Å²) in [4.78, 5) is 25.5. The van der Waals surface area contributed by atoms with Crippen LogP contribution in [-0.4, -0.2) is 30.6 Å². The molecule has 5 nitrogen and oxygen atoms in total. The van der Waals surface area contributed by atoms with E-state index in [1.165, 1.54) is 0 Å². The van der Waals surface area contributed by atoms with Crippen LogP contribution in [0.2, 0.25) is 0 Å². The smallest absolute Gasteiger partial charge is 0.326 e. The first-order chi connectivity index (χ1) is 9.35. The van der Waals surface area contributed by atoms with E-state index < -0.39 is 5.60 Å². The van der Waals surface area contributed by atoms with Crippen molar-refractivity contribution in [3.63, 3.8) is 0 Å². The van der Waals surface area contributed by atoms with Crippen LogP contribution >= 0.6 is 0 Å². The zero-order chi connectivity index (χ0) is 14.8. The zero-order valence-electron chi connectivity index (χ0n) is 12.1. The molecule has 0 saturated heterocycles. The lowest BCUT2D eigenvalue weighted by Gasteiger charge is -2.26. The molecule has 1 aliphatic rings. The fraction of sp³-hybridized carbons (Fsp3) is 0.467. The van der Waals surface area contributed by atoms with Crippen LogP contribution in [0.4, 0.5) is 11.4 Å². The first-order valence-electron chi connectivity index (χ1n) is 6.71. The van der Waals surface area contributed by atoms with E-state index in [-0.39, 0.29) is 18.4 Å². The largest absolute Gasteiger partial charge is 0.459 e. The number of nitrogens with zero attached hydrogens (tertiary/aromatic N) is 1. The first kappa shape index (κ1) is 14.4. The Balaban J connectivity index is 2.16. The molecule has 1 N–H and O–H groups in total. The van der Waals surface area contributed by atoms with Gasteiger partial charge in [-0.15, -0.1) is 0 Å². The first-order valence-corrected chi connectivity index (χ1v) is 6.71. The van der Waals surface area contributed by atoms with Crippen LogP contribution < -0.4 is 10.2 Å². The number of para-hydroxylation sites is 2. The molecule has 1 aliphatic heterocycles. The van der Waals surface area contributed by atoms with Crippen LogP contribution in [0.3, 0.4) is 0 Å². The van der Waals surface area contributed by atoms with Crippen molar-refractivity contribution in [1.29, 1.82) is 0 Å². The van der Waals surface area contributed by atoms with Crippen LogP contribution in [0.25, 0.3) is 0 Å². The second kappa shape index (κ2) is 5.53. The highest BCUT2D eigenvalue weighted by Crippen LogP contribution is 2.28. The predicted octanol–water partition coefficient (Wildman–Crippen LogP) is 2.18. The Labute approximate surface area is 118 Å². The predicted molar refractivity (Wildman–Crippen MR) is 77.7 cm³/mol. The van der Waals surface area contributed by atoms with Gasteiger partial charge in [0.25, 0.3) is 0 Å². The van der Waals surface area contributed by atoms with Crippen molar-refractivity contribution in [3.05, 3.63) is 24.3 Å². The maximum Gasteiger partial charge on any atom is 0.326 e. The zero-order valence-corrected chi connectivity index (χ0v) is 12.1. The molecule has 2 rings (SSSR count). The second-order valence-corrected chi connectivity index (χ2v) is 5.82. The number of rotatable bonds is 2. The molecule has 1 aromatic carbocycles. The van der Waals surface area contributed by atoms with E-state index in [9.17, 15) is 9.59 Å². The Hall–Kier alpha value is -2.04. The highest BCUT2D eigenvalue weighted by atomic mass is 16.6. The Morgan fingerprint density at radius 1 is 1.35 bits per heavy atom. The molecule has 0 fully saturated rings. The molecule has 0 bridgehead atoms. The van der Waals surface area contributed by atoms with Gasteiger partial charge in [0.15, 0.2) is 0 Å². The lowest BCUT2D eigenvalue weighted by Crippen LogP contribution is -2.35. The third kappa shape index (κ3) is 3.73. The fourth-order valence-electron chi connectivity index (χ4n) is 2.12. The molecule has 0 saturated carbocycles. The number of carbonyl (C=O) groups excluding carboxylic acids is 2. The van der Waals surface area contributed by atoms with Crippen LogP contribution in [0.1, 0.15) is 27.2 Å². The molecule has 5 heteroatoms. The minimum absolute atomic E-state index is 0.0378. The summed E-state index contributed by atoms with van der Waals surface area (Å²) in [5, 5.41) is 2.84. The van der Waals surface area contributed by atoms with Gasteiger partial charge in [0.1, 0.15) is 12.1 Å². The Bertz CT molecular complexity index is 520. The summed E-state index contributed by atoms with van der Waals surface area (Å²) >= 11 is 0. The molecule has 0 aliphatic carbocycles. The summed E-state index contributed by atoms with van der Waals surface area (Å²) in [7, 11) is 0. The fourth-order valence-corrected chi connectivity index (χ4v) is 2.12. The van der Waals surface area contributed by atoms with E-state index in [2.05, 4.69) is 5.32 Å². The number of carbonyl (C=O) groups is 2. The number of ether oxygens (including phenoxy) is 1. The molecule has 1 amide bonds. The maximum atomic E-state index is 12.0. The summed E-state index contributed by atoms with van der Waals surface area (Å²) in [6.45, 7) is 6.16. The molecule has 108 valence electrons. The van der Waals surface area contributed by atoms with E-state index >= 15 is 0 Å². The lowest BCUT2D eigenvalue weighted by molar-refractivity contribution is -0.153. The van der Waals surface area contributed by atoms with E-state index in [0.29, 0.717) is 13.0 Å². The SMILES string of the molecule is CC(C)(C)OC(=O)CN1CCC(=O)Nc2ccccc21. The van der Waals surface area contributed by atoms with Gasteiger partial charge in [0.05, 0.1) is 11.4 Å². The van der Waals surface area contributed by atoms with E-state index in [1.807, 2.05) is 49.9 Å². The van der Waals surface area contributed by atoms with Gasteiger partial charge in [0.2, 0.25) is 5.91 Å². The Morgan fingerprint density at radius 3 is 2.75 bits per heavy atom. The van der Waals surface area contributed by atoms with Gasteiger partial charge in [-0.05, 0) is 32.9 Å². The summed E-state index contributed by atoms with van der Waals surface area (Å²) in [5.74, 6) is -0.328. The monoisotopic (exact) mass is 276 g/mol. The van der Waals surface area contributed by atoms with Crippen LogP contribution in [-0.2, 0) is 14.3 Å².